The normalized spacial score (nSPS) is 11.7. The van der Waals surface area contributed by atoms with Crippen LogP contribution in [-0.2, 0) is 5.41 Å². The van der Waals surface area contributed by atoms with Crippen molar-refractivity contribution in [2.75, 3.05) is 7.11 Å². The first-order valence-electron chi connectivity index (χ1n) is 8.90. The van der Waals surface area contributed by atoms with Crippen LogP contribution in [0.4, 0.5) is 0 Å². The quantitative estimate of drug-likeness (QED) is 0.719. The molecule has 0 aliphatic rings. The molecule has 0 saturated carbocycles. The summed E-state index contributed by atoms with van der Waals surface area (Å²) in [6.45, 7) is 6.41. The fourth-order valence-corrected chi connectivity index (χ4v) is 3.01. The van der Waals surface area contributed by atoms with Gasteiger partial charge < -0.3 is 9.72 Å². The third kappa shape index (κ3) is 4.17. The largest absolute Gasteiger partial charge is 0.496 e. The Morgan fingerprint density at radius 1 is 1.07 bits per heavy atom. The third-order valence-electron chi connectivity index (χ3n) is 4.38. The fourth-order valence-electron chi connectivity index (χ4n) is 3.01. The van der Waals surface area contributed by atoms with Crippen molar-refractivity contribution in [3.05, 3.63) is 82.0 Å². The average molecular weight is 360 g/mol. The lowest BCUT2D eigenvalue weighted by Gasteiger charge is -2.24. The summed E-state index contributed by atoms with van der Waals surface area (Å²) < 4.78 is 5.75. The smallest absolute Gasteiger partial charge is 0.255 e. The lowest BCUT2D eigenvalue weighted by Crippen LogP contribution is -2.15. The van der Waals surface area contributed by atoms with Crippen molar-refractivity contribution in [1.29, 1.82) is 0 Å². The zero-order chi connectivity index (χ0) is 19.4. The predicted octanol–water partition coefficient (Wildman–Crippen LogP) is 4.91. The van der Waals surface area contributed by atoms with Crippen molar-refractivity contribution in [2.24, 2.45) is 0 Å². The highest BCUT2D eigenvalue weighted by Crippen LogP contribution is 2.38. The Kier molecular flexibility index (Phi) is 5.26. The van der Waals surface area contributed by atoms with E-state index in [-0.39, 0.29) is 11.0 Å². The van der Waals surface area contributed by atoms with Gasteiger partial charge in [-0.2, -0.15) is 0 Å². The molecule has 27 heavy (non-hydrogen) atoms. The molecule has 1 N–H and O–H groups in total. The van der Waals surface area contributed by atoms with Crippen molar-refractivity contribution in [3.63, 3.8) is 0 Å². The van der Waals surface area contributed by atoms with Crippen molar-refractivity contribution < 1.29 is 4.74 Å². The molecular formula is C23H24N2O2. The maximum atomic E-state index is 12.3. The van der Waals surface area contributed by atoms with Crippen LogP contribution in [0.3, 0.4) is 0 Å². The summed E-state index contributed by atoms with van der Waals surface area (Å²) in [5, 5.41) is 0. The number of nitrogens with one attached hydrogen (secondary N) is 1. The maximum Gasteiger partial charge on any atom is 0.255 e. The molecule has 0 aliphatic carbocycles. The van der Waals surface area contributed by atoms with Crippen molar-refractivity contribution in [1.82, 2.24) is 9.97 Å². The van der Waals surface area contributed by atoms with Crippen LogP contribution >= 0.6 is 0 Å². The van der Waals surface area contributed by atoms with Crippen LogP contribution in [0.5, 0.6) is 5.75 Å². The van der Waals surface area contributed by atoms with Crippen molar-refractivity contribution >= 4 is 12.2 Å². The Balaban J connectivity index is 2.21. The zero-order valence-corrected chi connectivity index (χ0v) is 16.1. The first kappa shape index (κ1) is 18.6. The molecule has 0 radical (unpaired) electrons. The van der Waals surface area contributed by atoms with Crippen LogP contribution in [-0.4, -0.2) is 17.1 Å². The van der Waals surface area contributed by atoms with E-state index in [4.69, 9.17) is 4.74 Å². The van der Waals surface area contributed by atoms with Crippen LogP contribution in [0.25, 0.3) is 23.3 Å². The van der Waals surface area contributed by atoms with Crippen LogP contribution < -0.4 is 10.3 Å². The molecule has 0 atom stereocenters. The second-order valence-corrected chi connectivity index (χ2v) is 7.40. The molecule has 0 amide bonds. The summed E-state index contributed by atoms with van der Waals surface area (Å²) in [6.07, 6.45) is 7.33. The van der Waals surface area contributed by atoms with E-state index >= 15 is 0 Å². The number of H-pyrrole nitrogens is 1. The Morgan fingerprint density at radius 3 is 2.52 bits per heavy atom. The summed E-state index contributed by atoms with van der Waals surface area (Å²) >= 11 is 0. The Labute approximate surface area is 159 Å². The predicted molar refractivity (Wildman–Crippen MR) is 111 cm³/mol. The van der Waals surface area contributed by atoms with E-state index in [0.717, 1.165) is 28.1 Å². The van der Waals surface area contributed by atoms with Gasteiger partial charge in [0.05, 0.1) is 12.8 Å². The molecule has 0 fully saturated rings. The molecule has 0 spiro atoms. The van der Waals surface area contributed by atoms with E-state index in [1.54, 1.807) is 19.5 Å². The van der Waals surface area contributed by atoms with E-state index in [0.29, 0.717) is 5.56 Å². The van der Waals surface area contributed by atoms with Crippen LogP contribution in [0.15, 0.2) is 59.7 Å². The molecule has 0 bridgehead atoms. The second kappa shape index (κ2) is 7.62. The standard InChI is InChI=1S/C23H24N2O2/c1-23(2,3)20-15-17(19-9-7-13-25-22(19)26)14-16(21(20)27-4)10-11-18-8-5-6-12-24-18/h5-15H,1-4H3,(H,25,26)/b11-10+. The molecule has 138 valence electrons. The van der Waals surface area contributed by atoms with Gasteiger partial charge in [-0.3, -0.25) is 9.78 Å². The molecule has 4 heteroatoms. The summed E-state index contributed by atoms with van der Waals surface area (Å²) in [4.78, 5) is 19.4. The SMILES string of the molecule is COc1c(/C=C/c2ccccn2)cc(-c2ccc[nH]c2=O)cc1C(C)(C)C. The molecule has 1 aromatic carbocycles. The minimum Gasteiger partial charge on any atom is -0.496 e. The van der Waals surface area contributed by atoms with E-state index in [1.165, 1.54) is 0 Å². The number of benzene rings is 1. The highest BCUT2D eigenvalue weighted by atomic mass is 16.5. The minimum atomic E-state index is -0.142. The molecule has 0 unspecified atom stereocenters. The van der Waals surface area contributed by atoms with Gasteiger partial charge in [0.15, 0.2) is 0 Å². The number of ether oxygens (including phenoxy) is 1. The van der Waals surface area contributed by atoms with Gasteiger partial charge in [0.1, 0.15) is 5.75 Å². The molecule has 2 aromatic heterocycles. The molecule has 0 aliphatic heterocycles. The van der Waals surface area contributed by atoms with Crippen molar-refractivity contribution in [3.8, 4) is 16.9 Å². The molecule has 3 aromatic rings. The second-order valence-electron chi connectivity index (χ2n) is 7.40. The summed E-state index contributed by atoms with van der Waals surface area (Å²) in [5.41, 5.74) is 4.07. The summed E-state index contributed by atoms with van der Waals surface area (Å²) in [6, 6.07) is 13.5. The maximum absolute atomic E-state index is 12.3. The highest BCUT2D eigenvalue weighted by molar-refractivity contribution is 5.78. The van der Waals surface area contributed by atoms with Gasteiger partial charge in [-0.15, -0.1) is 0 Å². The zero-order valence-electron chi connectivity index (χ0n) is 16.1. The number of pyridine rings is 2. The average Bonchev–Trinajstić information content (AvgIpc) is 2.66. The minimum absolute atomic E-state index is 0.109. The Hall–Kier alpha value is -3.14. The fraction of sp³-hybridized carbons (Fsp3) is 0.217. The molecule has 3 rings (SSSR count). The number of aromatic nitrogens is 2. The van der Waals surface area contributed by atoms with Gasteiger partial charge >= 0.3 is 0 Å². The van der Waals surface area contributed by atoms with Gasteiger partial charge in [0.25, 0.3) is 5.56 Å². The monoisotopic (exact) mass is 360 g/mol. The molecule has 0 saturated heterocycles. The lowest BCUT2D eigenvalue weighted by molar-refractivity contribution is 0.397. The first-order chi connectivity index (χ1) is 12.9. The van der Waals surface area contributed by atoms with Crippen LogP contribution in [0, 0.1) is 0 Å². The van der Waals surface area contributed by atoms with Gasteiger partial charge in [-0.1, -0.05) is 26.8 Å². The van der Waals surface area contributed by atoms with E-state index < -0.39 is 0 Å². The van der Waals surface area contributed by atoms with Gasteiger partial charge in [0, 0.05) is 29.1 Å². The van der Waals surface area contributed by atoms with Gasteiger partial charge in [-0.05, 0) is 59.5 Å². The Morgan fingerprint density at radius 2 is 1.89 bits per heavy atom. The number of hydrogen-bond donors (Lipinski definition) is 1. The van der Waals surface area contributed by atoms with Crippen LogP contribution in [0.1, 0.15) is 37.6 Å². The number of aromatic amines is 1. The lowest BCUT2D eigenvalue weighted by atomic mass is 9.83. The van der Waals surface area contributed by atoms with E-state index in [2.05, 4.69) is 30.7 Å². The molecule has 2 heterocycles. The summed E-state index contributed by atoms with van der Waals surface area (Å²) in [7, 11) is 1.68. The highest BCUT2D eigenvalue weighted by Gasteiger charge is 2.22. The van der Waals surface area contributed by atoms with Gasteiger partial charge in [0.2, 0.25) is 0 Å². The molecule has 4 nitrogen and oxygen atoms in total. The first-order valence-corrected chi connectivity index (χ1v) is 8.90. The van der Waals surface area contributed by atoms with Gasteiger partial charge in [-0.25, -0.2) is 0 Å². The Bertz CT molecular complexity index is 1010. The van der Waals surface area contributed by atoms with Crippen LogP contribution in [0.2, 0.25) is 0 Å². The summed E-state index contributed by atoms with van der Waals surface area (Å²) in [5.74, 6) is 0.811. The third-order valence-corrected chi connectivity index (χ3v) is 4.38. The topological polar surface area (TPSA) is 55.0 Å². The number of nitrogens with zero attached hydrogens (tertiary/aromatic N) is 1. The number of methoxy groups -OCH3 is 1. The van der Waals surface area contributed by atoms with E-state index in [1.807, 2.05) is 54.6 Å². The van der Waals surface area contributed by atoms with Crippen molar-refractivity contribution in [2.45, 2.75) is 26.2 Å². The number of hydrogen-bond acceptors (Lipinski definition) is 3. The number of rotatable bonds is 4. The molecular weight excluding hydrogens is 336 g/mol. The van der Waals surface area contributed by atoms with E-state index in [9.17, 15) is 4.79 Å².